The van der Waals surface area contributed by atoms with Crippen LogP contribution in [-0.4, -0.2) is 24.7 Å². The molecule has 3 heterocycles. The van der Waals surface area contributed by atoms with E-state index in [1.54, 1.807) is 17.7 Å². The first-order valence-corrected chi connectivity index (χ1v) is 9.10. The van der Waals surface area contributed by atoms with E-state index in [4.69, 9.17) is 0 Å². The van der Waals surface area contributed by atoms with E-state index in [2.05, 4.69) is 58.3 Å². The highest BCUT2D eigenvalue weighted by Crippen LogP contribution is 2.34. The molecule has 0 amide bonds. The zero-order valence-electron chi connectivity index (χ0n) is 13.5. The van der Waals surface area contributed by atoms with Gasteiger partial charge < -0.3 is 4.57 Å². The molecule has 120 valence electrons. The first-order chi connectivity index (χ1) is 11.6. The van der Waals surface area contributed by atoms with Gasteiger partial charge in [0.05, 0.1) is 0 Å². The van der Waals surface area contributed by atoms with Crippen molar-refractivity contribution in [1.29, 1.82) is 0 Å². The molecule has 1 aromatic carbocycles. The monoisotopic (exact) mass is 353 g/mol. The second-order valence-corrected chi connectivity index (χ2v) is 7.78. The summed E-state index contributed by atoms with van der Waals surface area (Å²) in [5.74, 6) is 0.855. The van der Waals surface area contributed by atoms with E-state index in [9.17, 15) is 0 Å². The predicted octanol–water partition coefficient (Wildman–Crippen LogP) is 4.25. The van der Waals surface area contributed by atoms with Crippen molar-refractivity contribution in [2.75, 3.05) is 0 Å². The Morgan fingerprint density at radius 3 is 2.79 bits per heavy atom. The van der Waals surface area contributed by atoms with Crippen LogP contribution >= 0.6 is 23.1 Å². The summed E-state index contributed by atoms with van der Waals surface area (Å²) in [7, 11) is 1.98. The van der Waals surface area contributed by atoms with Crippen LogP contribution in [0.1, 0.15) is 10.4 Å². The highest BCUT2D eigenvalue weighted by atomic mass is 32.2. The number of hydrogen-bond acceptors (Lipinski definition) is 6. The quantitative estimate of drug-likeness (QED) is 0.515. The van der Waals surface area contributed by atoms with E-state index < -0.39 is 0 Å². The van der Waals surface area contributed by atoms with E-state index >= 15 is 0 Å². The van der Waals surface area contributed by atoms with Crippen molar-refractivity contribution in [2.24, 2.45) is 7.05 Å². The van der Waals surface area contributed by atoms with Gasteiger partial charge in [-0.3, -0.25) is 0 Å². The fraction of sp³-hybridized carbons (Fsp3) is 0.176. The third-order valence-corrected chi connectivity index (χ3v) is 5.73. The molecule has 0 N–H and O–H groups in total. The van der Waals surface area contributed by atoms with E-state index in [-0.39, 0.29) is 0 Å². The summed E-state index contributed by atoms with van der Waals surface area (Å²) >= 11 is 3.20. The lowest BCUT2D eigenvalue weighted by Crippen LogP contribution is -1.95. The molecule has 7 heteroatoms. The number of fused-ring (bicyclic) bond motifs is 1. The second-order valence-electron chi connectivity index (χ2n) is 5.59. The number of hydrogen-bond donors (Lipinski definition) is 0. The largest absolute Gasteiger partial charge is 0.305 e. The molecule has 0 saturated heterocycles. The molecule has 0 radical (unpaired) electrons. The molecular weight excluding hydrogens is 338 g/mol. The molecule has 0 fully saturated rings. The predicted molar refractivity (Wildman–Crippen MR) is 97.5 cm³/mol. The van der Waals surface area contributed by atoms with Crippen LogP contribution in [0.2, 0.25) is 0 Å². The van der Waals surface area contributed by atoms with Gasteiger partial charge in [0, 0.05) is 22.9 Å². The van der Waals surface area contributed by atoms with Crippen molar-refractivity contribution in [1.82, 2.24) is 24.7 Å². The highest BCUT2D eigenvalue weighted by molar-refractivity contribution is 7.99. The molecule has 0 aliphatic heterocycles. The molecule has 0 aliphatic rings. The Morgan fingerprint density at radius 2 is 1.96 bits per heavy atom. The molecule has 0 unspecified atom stereocenters. The summed E-state index contributed by atoms with van der Waals surface area (Å²) in [5, 5.41) is 11.5. The number of nitrogens with zero attached hydrogens (tertiary/aromatic N) is 5. The minimum atomic E-state index is 0.815. The summed E-state index contributed by atoms with van der Waals surface area (Å²) in [6, 6.07) is 10.4. The lowest BCUT2D eigenvalue weighted by Gasteiger charge is -2.04. The third kappa shape index (κ3) is 2.70. The Kier molecular flexibility index (Phi) is 3.82. The van der Waals surface area contributed by atoms with Crippen molar-refractivity contribution >= 4 is 33.3 Å². The van der Waals surface area contributed by atoms with Crippen LogP contribution in [0.3, 0.4) is 0 Å². The van der Waals surface area contributed by atoms with E-state index in [0.717, 1.165) is 31.8 Å². The fourth-order valence-electron chi connectivity index (χ4n) is 2.56. The Balaban J connectivity index is 1.73. The summed E-state index contributed by atoms with van der Waals surface area (Å²) in [6.07, 6.45) is 1.61. The van der Waals surface area contributed by atoms with Gasteiger partial charge in [-0.2, -0.15) is 0 Å². The number of aromatic nitrogens is 5. The van der Waals surface area contributed by atoms with Gasteiger partial charge in [-0.05, 0) is 37.7 Å². The van der Waals surface area contributed by atoms with Crippen molar-refractivity contribution in [3.63, 3.8) is 0 Å². The maximum Gasteiger partial charge on any atom is 0.197 e. The summed E-state index contributed by atoms with van der Waals surface area (Å²) < 4.78 is 2.01. The Labute approximate surface area is 147 Å². The van der Waals surface area contributed by atoms with E-state index in [1.165, 1.54) is 22.2 Å². The van der Waals surface area contributed by atoms with E-state index in [1.807, 2.05) is 17.7 Å². The molecule has 24 heavy (non-hydrogen) atoms. The SMILES string of the molecule is Cc1cccc(-c2nnc(Sc3ncnc4sc(C)cc34)n2C)c1. The van der Waals surface area contributed by atoms with Gasteiger partial charge in [0.15, 0.2) is 11.0 Å². The average Bonchev–Trinajstić information content (AvgIpc) is 3.11. The zero-order chi connectivity index (χ0) is 16.7. The van der Waals surface area contributed by atoms with Gasteiger partial charge in [0.1, 0.15) is 16.2 Å². The fourth-order valence-corrected chi connectivity index (χ4v) is 4.32. The van der Waals surface area contributed by atoms with Gasteiger partial charge in [-0.15, -0.1) is 21.5 Å². The topological polar surface area (TPSA) is 56.5 Å². The smallest absolute Gasteiger partial charge is 0.197 e. The molecule has 0 bridgehead atoms. The molecule has 5 nitrogen and oxygen atoms in total. The van der Waals surface area contributed by atoms with Crippen LogP contribution in [0.15, 0.2) is 46.8 Å². The molecule has 4 rings (SSSR count). The highest BCUT2D eigenvalue weighted by Gasteiger charge is 2.15. The summed E-state index contributed by atoms with van der Waals surface area (Å²) in [5.41, 5.74) is 2.27. The number of rotatable bonds is 3. The molecular formula is C17H15N5S2. The van der Waals surface area contributed by atoms with Gasteiger partial charge in [-0.1, -0.05) is 23.8 Å². The van der Waals surface area contributed by atoms with Crippen LogP contribution in [0.25, 0.3) is 21.6 Å². The van der Waals surface area contributed by atoms with Crippen molar-refractivity contribution in [2.45, 2.75) is 24.0 Å². The average molecular weight is 353 g/mol. The number of aryl methyl sites for hydroxylation is 2. The molecule has 3 aromatic heterocycles. The zero-order valence-corrected chi connectivity index (χ0v) is 15.1. The number of thiophene rings is 1. The lowest BCUT2D eigenvalue weighted by molar-refractivity contribution is 0.792. The normalized spacial score (nSPS) is 11.3. The minimum Gasteiger partial charge on any atom is -0.305 e. The molecule has 0 saturated carbocycles. The molecule has 0 aliphatic carbocycles. The van der Waals surface area contributed by atoms with Crippen LogP contribution in [0.5, 0.6) is 0 Å². The van der Waals surface area contributed by atoms with Crippen LogP contribution < -0.4 is 0 Å². The van der Waals surface area contributed by atoms with Crippen LogP contribution in [0, 0.1) is 13.8 Å². The van der Waals surface area contributed by atoms with Gasteiger partial charge in [-0.25, -0.2) is 9.97 Å². The maximum absolute atomic E-state index is 4.43. The van der Waals surface area contributed by atoms with Crippen LogP contribution in [-0.2, 0) is 7.05 Å². The standard InChI is InChI=1S/C17H15N5S2/c1-10-5-4-6-12(7-10)14-20-21-17(22(14)3)24-16-13-8-11(2)23-15(13)18-9-19-16/h4-9H,1-3H3. The summed E-state index contributed by atoms with van der Waals surface area (Å²) in [4.78, 5) is 11.0. The van der Waals surface area contributed by atoms with Crippen molar-refractivity contribution in [3.8, 4) is 11.4 Å². The third-order valence-electron chi connectivity index (χ3n) is 3.72. The lowest BCUT2D eigenvalue weighted by atomic mass is 10.1. The van der Waals surface area contributed by atoms with Crippen molar-refractivity contribution in [3.05, 3.63) is 47.1 Å². The Morgan fingerprint density at radius 1 is 1.08 bits per heavy atom. The first kappa shape index (κ1) is 15.3. The van der Waals surface area contributed by atoms with Gasteiger partial charge in [0.25, 0.3) is 0 Å². The molecule has 0 atom stereocenters. The van der Waals surface area contributed by atoms with Gasteiger partial charge in [0.2, 0.25) is 0 Å². The maximum atomic E-state index is 4.43. The van der Waals surface area contributed by atoms with Crippen molar-refractivity contribution < 1.29 is 0 Å². The van der Waals surface area contributed by atoms with Crippen LogP contribution in [0.4, 0.5) is 0 Å². The second kappa shape index (κ2) is 5.99. The molecule has 0 spiro atoms. The molecule has 4 aromatic rings. The summed E-state index contributed by atoms with van der Waals surface area (Å²) in [6.45, 7) is 4.16. The first-order valence-electron chi connectivity index (χ1n) is 7.47. The minimum absolute atomic E-state index is 0.815. The number of benzene rings is 1. The van der Waals surface area contributed by atoms with E-state index in [0.29, 0.717) is 0 Å². The Bertz CT molecular complexity index is 1030. The van der Waals surface area contributed by atoms with Gasteiger partial charge >= 0.3 is 0 Å². The Hall–Kier alpha value is -2.25.